The van der Waals surface area contributed by atoms with Gasteiger partial charge in [-0.2, -0.15) is 0 Å². The van der Waals surface area contributed by atoms with Crippen molar-refractivity contribution in [1.82, 2.24) is 0 Å². The van der Waals surface area contributed by atoms with Crippen LogP contribution in [0.5, 0.6) is 0 Å². The Morgan fingerprint density at radius 2 is 1.44 bits per heavy atom. The highest BCUT2D eigenvalue weighted by atomic mass is 16.6. The van der Waals surface area contributed by atoms with E-state index in [1.807, 2.05) is 0 Å². The summed E-state index contributed by atoms with van der Waals surface area (Å²) in [7, 11) is 0. The summed E-state index contributed by atoms with van der Waals surface area (Å²) in [6.07, 6.45) is 2.22. The predicted molar refractivity (Wildman–Crippen MR) is 72.5 cm³/mol. The summed E-state index contributed by atoms with van der Waals surface area (Å²) in [6, 6.07) is 15.0. The van der Waals surface area contributed by atoms with Gasteiger partial charge < -0.3 is 0 Å². The molecule has 92 valence electrons. The summed E-state index contributed by atoms with van der Waals surface area (Å²) in [5, 5.41) is 10.6. The Morgan fingerprint density at radius 1 is 0.944 bits per heavy atom. The number of nitro groups is 1. The van der Waals surface area contributed by atoms with E-state index >= 15 is 0 Å². The van der Waals surface area contributed by atoms with E-state index in [4.69, 9.17) is 0 Å². The van der Waals surface area contributed by atoms with Crippen LogP contribution in [-0.4, -0.2) is 4.92 Å². The molecule has 2 aromatic rings. The van der Waals surface area contributed by atoms with Crippen LogP contribution in [0.4, 0.5) is 5.69 Å². The van der Waals surface area contributed by atoms with Gasteiger partial charge in [-0.1, -0.05) is 37.6 Å². The zero-order valence-electron chi connectivity index (χ0n) is 10.3. The smallest absolute Gasteiger partial charge is 0.258 e. The minimum Gasteiger partial charge on any atom is -0.258 e. The van der Waals surface area contributed by atoms with Gasteiger partial charge in [0.15, 0.2) is 0 Å². The van der Waals surface area contributed by atoms with Crippen molar-refractivity contribution in [3.05, 3.63) is 64.2 Å². The number of non-ortho nitro benzene ring substituents is 1. The first-order valence-electron chi connectivity index (χ1n) is 6.04. The van der Waals surface area contributed by atoms with Gasteiger partial charge in [0.1, 0.15) is 0 Å². The molecule has 0 saturated heterocycles. The third-order valence-electron chi connectivity index (χ3n) is 2.90. The Hall–Kier alpha value is -2.16. The van der Waals surface area contributed by atoms with E-state index in [-0.39, 0.29) is 10.6 Å². The number of benzene rings is 2. The largest absolute Gasteiger partial charge is 0.269 e. The normalized spacial score (nSPS) is 10.3. The van der Waals surface area contributed by atoms with E-state index in [0.29, 0.717) is 0 Å². The summed E-state index contributed by atoms with van der Waals surface area (Å²) in [5.74, 6) is 0. The lowest BCUT2D eigenvalue weighted by Gasteiger charge is -2.03. The van der Waals surface area contributed by atoms with Gasteiger partial charge in [0.05, 0.1) is 4.92 Å². The van der Waals surface area contributed by atoms with Crippen LogP contribution in [0, 0.1) is 10.1 Å². The molecule has 0 unspecified atom stereocenters. The maximum Gasteiger partial charge on any atom is 0.269 e. The zero-order valence-corrected chi connectivity index (χ0v) is 10.3. The van der Waals surface area contributed by atoms with Crippen LogP contribution in [0.15, 0.2) is 48.5 Å². The van der Waals surface area contributed by atoms with Gasteiger partial charge in [-0.05, 0) is 35.2 Å². The molecule has 0 bridgehead atoms. The average molecular weight is 241 g/mol. The van der Waals surface area contributed by atoms with Gasteiger partial charge in [0, 0.05) is 12.1 Å². The molecule has 0 aliphatic carbocycles. The van der Waals surface area contributed by atoms with Gasteiger partial charge in [-0.15, -0.1) is 0 Å². The fourth-order valence-electron chi connectivity index (χ4n) is 1.93. The number of rotatable bonds is 4. The molecule has 3 nitrogen and oxygen atoms in total. The van der Waals surface area contributed by atoms with Crippen molar-refractivity contribution in [3.63, 3.8) is 0 Å². The van der Waals surface area contributed by atoms with E-state index in [2.05, 4.69) is 31.2 Å². The molecule has 18 heavy (non-hydrogen) atoms. The van der Waals surface area contributed by atoms with E-state index < -0.39 is 0 Å². The lowest BCUT2D eigenvalue weighted by molar-refractivity contribution is -0.384. The van der Waals surface area contributed by atoms with Crippen molar-refractivity contribution in [2.75, 3.05) is 0 Å². The first-order chi connectivity index (χ1) is 8.70. The molecule has 0 aliphatic rings. The summed E-state index contributed by atoms with van der Waals surface area (Å²) in [6.45, 7) is 2.16. The molecule has 2 rings (SSSR count). The Balaban J connectivity index is 2.23. The molecule has 0 amide bonds. The Labute approximate surface area is 106 Å². The quantitative estimate of drug-likeness (QED) is 0.594. The second kappa shape index (κ2) is 5.45. The van der Waals surface area contributed by atoms with E-state index in [1.54, 1.807) is 12.1 Å². The van der Waals surface area contributed by atoms with Crippen LogP contribution in [0.2, 0.25) is 0 Å². The second-order valence-corrected chi connectivity index (χ2v) is 4.25. The van der Waals surface area contributed by atoms with Crippen molar-refractivity contribution >= 4 is 5.69 Å². The van der Waals surface area contributed by atoms with Crippen LogP contribution >= 0.6 is 0 Å². The van der Waals surface area contributed by atoms with Crippen LogP contribution in [0.3, 0.4) is 0 Å². The topological polar surface area (TPSA) is 43.1 Å². The molecule has 0 aliphatic heterocycles. The Morgan fingerprint density at radius 3 is 1.89 bits per heavy atom. The van der Waals surface area contributed by atoms with Gasteiger partial charge in [0.25, 0.3) is 5.69 Å². The summed E-state index contributed by atoms with van der Waals surface area (Å²) in [4.78, 5) is 10.2. The van der Waals surface area contributed by atoms with Gasteiger partial charge in [-0.25, -0.2) is 0 Å². The molecule has 3 heteroatoms. The molecule has 0 N–H and O–H groups in total. The third kappa shape index (κ3) is 2.74. The van der Waals surface area contributed by atoms with Crippen LogP contribution in [0.25, 0.3) is 11.1 Å². The van der Waals surface area contributed by atoms with E-state index in [1.165, 1.54) is 17.7 Å². The molecular formula is C15H15NO2. The molecular weight excluding hydrogens is 226 g/mol. The van der Waals surface area contributed by atoms with E-state index in [9.17, 15) is 10.1 Å². The molecule has 0 atom stereocenters. The Kier molecular flexibility index (Phi) is 3.72. The first kappa shape index (κ1) is 12.3. The van der Waals surface area contributed by atoms with Crippen molar-refractivity contribution in [2.24, 2.45) is 0 Å². The first-order valence-corrected chi connectivity index (χ1v) is 6.04. The van der Waals surface area contributed by atoms with Crippen LogP contribution in [0.1, 0.15) is 18.9 Å². The maximum absolute atomic E-state index is 10.6. The molecule has 0 aromatic heterocycles. The van der Waals surface area contributed by atoms with Crippen molar-refractivity contribution in [2.45, 2.75) is 19.8 Å². The predicted octanol–water partition coefficient (Wildman–Crippen LogP) is 4.21. The van der Waals surface area contributed by atoms with Crippen molar-refractivity contribution in [1.29, 1.82) is 0 Å². The number of nitro benzene ring substituents is 1. The molecule has 2 aromatic carbocycles. The van der Waals surface area contributed by atoms with Crippen molar-refractivity contribution < 1.29 is 4.92 Å². The second-order valence-electron chi connectivity index (χ2n) is 4.25. The lowest BCUT2D eigenvalue weighted by atomic mass is 10.0. The van der Waals surface area contributed by atoms with Gasteiger partial charge in [-0.3, -0.25) is 10.1 Å². The SMILES string of the molecule is CCCc1ccc(-c2ccc([N+](=O)[O-])cc2)cc1. The van der Waals surface area contributed by atoms with Gasteiger partial charge >= 0.3 is 0 Å². The summed E-state index contributed by atoms with van der Waals surface area (Å²) in [5.41, 5.74) is 3.54. The van der Waals surface area contributed by atoms with Crippen LogP contribution < -0.4 is 0 Å². The molecule has 0 spiro atoms. The number of aryl methyl sites for hydroxylation is 1. The number of hydrogen-bond acceptors (Lipinski definition) is 2. The molecule has 0 fully saturated rings. The standard InChI is InChI=1S/C15H15NO2/c1-2-3-12-4-6-13(7-5-12)14-8-10-15(11-9-14)16(17)18/h4-11H,2-3H2,1H3. The fraction of sp³-hybridized carbons (Fsp3) is 0.200. The highest BCUT2D eigenvalue weighted by Gasteiger charge is 2.04. The summed E-state index contributed by atoms with van der Waals surface area (Å²) >= 11 is 0. The van der Waals surface area contributed by atoms with Crippen LogP contribution in [-0.2, 0) is 6.42 Å². The summed E-state index contributed by atoms with van der Waals surface area (Å²) < 4.78 is 0. The number of nitrogens with zero attached hydrogens (tertiary/aromatic N) is 1. The van der Waals surface area contributed by atoms with E-state index in [0.717, 1.165) is 24.0 Å². The molecule has 0 saturated carbocycles. The zero-order chi connectivity index (χ0) is 13.0. The molecule has 0 radical (unpaired) electrons. The van der Waals surface area contributed by atoms with Gasteiger partial charge in [0.2, 0.25) is 0 Å². The third-order valence-corrected chi connectivity index (χ3v) is 2.90. The molecule has 0 heterocycles. The lowest BCUT2D eigenvalue weighted by Crippen LogP contribution is -1.87. The highest BCUT2D eigenvalue weighted by Crippen LogP contribution is 2.22. The minimum absolute atomic E-state index is 0.126. The Bertz CT molecular complexity index is 529. The highest BCUT2D eigenvalue weighted by molar-refractivity contribution is 5.65. The average Bonchev–Trinajstić information content (AvgIpc) is 2.40. The fourth-order valence-corrected chi connectivity index (χ4v) is 1.93. The number of hydrogen-bond donors (Lipinski definition) is 0. The maximum atomic E-state index is 10.6. The monoisotopic (exact) mass is 241 g/mol. The van der Waals surface area contributed by atoms with Crippen molar-refractivity contribution in [3.8, 4) is 11.1 Å². The minimum atomic E-state index is -0.381.